The van der Waals surface area contributed by atoms with E-state index in [0.29, 0.717) is 5.69 Å². The highest BCUT2D eigenvalue weighted by molar-refractivity contribution is 7.91. The molecule has 154 valence electrons. The molecule has 2 aromatic rings. The molecule has 0 fully saturated rings. The fraction of sp³-hybridized carbons (Fsp3) is 0.250. The third-order valence-corrected chi connectivity index (χ3v) is 5.65. The number of Topliss-reactive ketones (excluding diaryl/α,β-unsaturated/α-hetero) is 1. The van der Waals surface area contributed by atoms with Gasteiger partial charge in [-0.15, -0.1) is 0 Å². The van der Waals surface area contributed by atoms with Gasteiger partial charge in [0.05, 0.1) is 17.1 Å². The molecular weight excluding hydrogens is 401 g/mol. The Morgan fingerprint density at radius 1 is 1.03 bits per heavy atom. The molecule has 9 heteroatoms. The van der Waals surface area contributed by atoms with E-state index in [9.17, 15) is 27.2 Å². The van der Waals surface area contributed by atoms with Crippen molar-refractivity contribution in [2.45, 2.75) is 31.3 Å². The van der Waals surface area contributed by atoms with E-state index in [1.807, 2.05) is 0 Å². The van der Waals surface area contributed by atoms with Gasteiger partial charge in [0, 0.05) is 18.2 Å². The number of benzene rings is 2. The van der Waals surface area contributed by atoms with Gasteiger partial charge in [-0.25, -0.2) is 12.8 Å². The highest BCUT2D eigenvalue weighted by Gasteiger charge is 2.22. The van der Waals surface area contributed by atoms with Gasteiger partial charge in [0.2, 0.25) is 11.7 Å². The monoisotopic (exact) mass is 421 g/mol. The summed E-state index contributed by atoms with van der Waals surface area (Å²) in [5.41, 5.74) is 0.794. The number of hydrogen-bond acceptors (Lipinski definition) is 6. The number of ketones is 1. The van der Waals surface area contributed by atoms with E-state index >= 15 is 0 Å². The zero-order valence-corrected chi connectivity index (χ0v) is 16.7. The van der Waals surface area contributed by atoms with Crippen molar-refractivity contribution >= 4 is 33.2 Å². The molecule has 7 nitrogen and oxygen atoms in total. The minimum absolute atomic E-state index is 0.102. The maximum absolute atomic E-state index is 12.9. The Morgan fingerprint density at radius 2 is 1.62 bits per heavy atom. The minimum atomic E-state index is -3.78. The third kappa shape index (κ3) is 6.49. The van der Waals surface area contributed by atoms with E-state index in [1.165, 1.54) is 26.0 Å². The van der Waals surface area contributed by atoms with Gasteiger partial charge in [-0.05, 0) is 55.5 Å². The highest BCUT2D eigenvalue weighted by Crippen LogP contribution is 2.15. The molecule has 0 unspecified atom stereocenters. The van der Waals surface area contributed by atoms with E-state index < -0.39 is 45.7 Å². The number of carbonyl (C=O) groups excluding carboxylic acids is 3. The van der Waals surface area contributed by atoms with Gasteiger partial charge in [-0.1, -0.05) is 0 Å². The summed E-state index contributed by atoms with van der Waals surface area (Å²) in [5.74, 6) is -2.65. The lowest BCUT2D eigenvalue weighted by molar-refractivity contribution is -0.145. The number of carbonyl (C=O) groups is 3. The molecule has 1 amide bonds. The highest BCUT2D eigenvalue weighted by atomic mass is 32.2. The molecule has 0 aliphatic carbocycles. The average molecular weight is 421 g/mol. The van der Waals surface area contributed by atoms with E-state index in [4.69, 9.17) is 4.74 Å². The van der Waals surface area contributed by atoms with Crippen molar-refractivity contribution in [3.8, 4) is 0 Å². The number of anilines is 1. The van der Waals surface area contributed by atoms with Crippen molar-refractivity contribution in [3.05, 3.63) is 59.9 Å². The number of ether oxygens (including phenoxy) is 1. The quantitative estimate of drug-likeness (QED) is 0.399. The molecule has 0 aliphatic rings. The maximum Gasteiger partial charge on any atom is 0.307 e. The Bertz CT molecular complexity index is 1000. The van der Waals surface area contributed by atoms with Crippen LogP contribution in [0, 0.1) is 5.82 Å². The molecule has 29 heavy (non-hydrogen) atoms. The molecule has 0 heterocycles. The van der Waals surface area contributed by atoms with Crippen molar-refractivity contribution < 1.29 is 31.9 Å². The second-order valence-electron chi connectivity index (χ2n) is 6.28. The van der Waals surface area contributed by atoms with Gasteiger partial charge >= 0.3 is 5.97 Å². The van der Waals surface area contributed by atoms with Crippen LogP contribution in [0.4, 0.5) is 10.1 Å². The van der Waals surface area contributed by atoms with Crippen LogP contribution in [0.15, 0.2) is 53.4 Å². The number of esters is 1. The first-order valence-electron chi connectivity index (χ1n) is 8.68. The van der Waals surface area contributed by atoms with E-state index in [0.717, 1.165) is 24.3 Å². The third-order valence-electron chi connectivity index (χ3n) is 3.91. The Morgan fingerprint density at radius 3 is 2.17 bits per heavy atom. The number of halogens is 1. The molecule has 0 saturated carbocycles. The molecule has 1 atom stereocenters. The van der Waals surface area contributed by atoms with Crippen molar-refractivity contribution in [3.63, 3.8) is 0 Å². The van der Waals surface area contributed by atoms with E-state index in [-0.39, 0.29) is 16.4 Å². The molecular formula is C20H20FNO6S. The fourth-order valence-electron chi connectivity index (χ4n) is 2.44. The summed E-state index contributed by atoms with van der Waals surface area (Å²) < 4.78 is 42.3. The summed E-state index contributed by atoms with van der Waals surface area (Å²) >= 11 is 0. The molecule has 0 bridgehead atoms. The molecule has 0 spiro atoms. The van der Waals surface area contributed by atoms with Crippen LogP contribution in [0.1, 0.15) is 30.6 Å². The van der Waals surface area contributed by atoms with Crippen LogP contribution in [-0.2, 0) is 24.2 Å². The summed E-state index contributed by atoms with van der Waals surface area (Å²) in [4.78, 5) is 35.2. The fourth-order valence-corrected chi connectivity index (χ4v) is 3.66. The van der Waals surface area contributed by atoms with Gasteiger partial charge in [0.1, 0.15) is 5.82 Å². The number of nitrogens with one attached hydrogen (secondary N) is 1. The Hall–Kier alpha value is -3.07. The average Bonchev–Trinajstić information content (AvgIpc) is 2.66. The van der Waals surface area contributed by atoms with Crippen LogP contribution in [0.25, 0.3) is 0 Å². The minimum Gasteiger partial charge on any atom is -0.454 e. The SMILES string of the molecule is CC(=O)Nc1ccc(C(=O)[C@H](C)OC(=O)CCS(=O)(=O)c2ccc(F)cc2)cc1. The summed E-state index contributed by atoms with van der Waals surface area (Å²) in [7, 11) is -3.78. The van der Waals surface area contributed by atoms with E-state index in [2.05, 4.69) is 5.32 Å². The largest absolute Gasteiger partial charge is 0.454 e. The van der Waals surface area contributed by atoms with Gasteiger partial charge in [0.25, 0.3) is 0 Å². The number of amides is 1. The summed E-state index contributed by atoms with van der Waals surface area (Å²) in [6.07, 6.45) is -1.55. The van der Waals surface area contributed by atoms with Gasteiger partial charge in [-0.2, -0.15) is 0 Å². The van der Waals surface area contributed by atoms with Crippen LogP contribution in [0.3, 0.4) is 0 Å². The van der Waals surface area contributed by atoms with Crippen LogP contribution < -0.4 is 5.32 Å². The topological polar surface area (TPSA) is 107 Å². The number of hydrogen-bond donors (Lipinski definition) is 1. The van der Waals surface area contributed by atoms with Crippen molar-refractivity contribution in [1.29, 1.82) is 0 Å². The Labute approximate surface area is 167 Å². The smallest absolute Gasteiger partial charge is 0.307 e. The molecule has 0 aromatic heterocycles. The van der Waals surface area contributed by atoms with Crippen molar-refractivity contribution in [2.75, 3.05) is 11.1 Å². The zero-order valence-electron chi connectivity index (χ0n) is 15.8. The molecule has 2 aromatic carbocycles. The molecule has 0 saturated heterocycles. The Kier molecular flexibility index (Phi) is 7.22. The normalized spacial score (nSPS) is 12.1. The molecule has 0 radical (unpaired) electrons. The predicted molar refractivity (Wildman–Crippen MR) is 104 cm³/mol. The second kappa shape index (κ2) is 9.42. The number of sulfone groups is 1. The lowest BCUT2D eigenvalue weighted by Gasteiger charge is -2.13. The summed E-state index contributed by atoms with van der Waals surface area (Å²) in [6.45, 7) is 2.74. The first-order chi connectivity index (χ1) is 13.6. The van der Waals surface area contributed by atoms with Gasteiger partial charge in [0.15, 0.2) is 15.9 Å². The van der Waals surface area contributed by atoms with Gasteiger partial charge in [-0.3, -0.25) is 14.4 Å². The zero-order chi connectivity index (χ0) is 21.6. The first-order valence-corrected chi connectivity index (χ1v) is 10.3. The van der Waals surface area contributed by atoms with Crippen molar-refractivity contribution in [2.24, 2.45) is 0 Å². The van der Waals surface area contributed by atoms with Crippen LogP contribution in [-0.4, -0.2) is 37.9 Å². The predicted octanol–water partition coefficient (Wildman–Crippen LogP) is 2.76. The Balaban J connectivity index is 1.91. The summed E-state index contributed by atoms with van der Waals surface area (Å²) in [5, 5.41) is 2.57. The lowest BCUT2D eigenvalue weighted by Crippen LogP contribution is -2.25. The van der Waals surface area contributed by atoms with Crippen LogP contribution >= 0.6 is 0 Å². The molecule has 0 aliphatic heterocycles. The lowest BCUT2D eigenvalue weighted by atomic mass is 10.1. The number of rotatable bonds is 8. The molecule has 1 N–H and O–H groups in total. The first kappa shape index (κ1) is 22.2. The molecule has 2 rings (SSSR count). The standard InChI is InChI=1S/C20H20FNO6S/c1-13(20(25)15-3-7-17(8-4-15)22-14(2)23)28-19(24)11-12-29(26,27)18-9-5-16(21)6-10-18/h3-10,13H,11-12H2,1-2H3,(H,22,23)/t13-/m0/s1. The van der Waals surface area contributed by atoms with Gasteiger partial charge < -0.3 is 10.1 Å². The van der Waals surface area contributed by atoms with Crippen LogP contribution in [0.2, 0.25) is 0 Å². The maximum atomic E-state index is 12.9. The van der Waals surface area contributed by atoms with Crippen LogP contribution in [0.5, 0.6) is 0 Å². The van der Waals surface area contributed by atoms with Crippen molar-refractivity contribution in [1.82, 2.24) is 0 Å². The second-order valence-corrected chi connectivity index (χ2v) is 8.39. The van der Waals surface area contributed by atoms with E-state index in [1.54, 1.807) is 12.1 Å². The summed E-state index contributed by atoms with van der Waals surface area (Å²) in [6, 6.07) is 10.3.